The van der Waals surface area contributed by atoms with Crippen molar-refractivity contribution >= 4 is 38.0 Å². The zero-order valence-corrected chi connectivity index (χ0v) is 24.1. The van der Waals surface area contributed by atoms with Gasteiger partial charge in [-0.1, -0.05) is 38.1 Å². The predicted octanol–water partition coefficient (Wildman–Crippen LogP) is 4.94. The van der Waals surface area contributed by atoms with Crippen LogP contribution in [0, 0.1) is 28.1 Å². The van der Waals surface area contributed by atoms with Gasteiger partial charge in [0.05, 0.1) is 58.6 Å². The molecule has 1 fully saturated rings. The number of fused-ring (bicyclic) bond motifs is 1. The van der Waals surface area contributed by atoms with Crippen LogP contribution in [0.2, 0.25) is 0 Å². The molecule has 3 N–H and O–H groups in total. The summed E-state index contributed by atoms with van der Waals surface area (Å²) in [5.41, 5.74) is 4.24. The van der Waals surface area contributed by atoms with Gasteiger partial charge in [-0.05, 0) is 48.1 Å². The van der Waals surface area contributed by atoms with Crippen LogP contribution < -0.4 is 15.4 Å². The number of anilines is 3. The average Bonchev–Trinajstić information content (AvgIpc) is 3.65. The fourth-order valence-electron chi connectivity index (χ4n) is 4.53. The number of pyridine rings is 1. The van der Waals surface area contributed by atoms with E-state index in [-0.39, 0.29) is 5.41 Å². The van der Waals surface area contributed by atoms with Crippen molar-refractivity contribution in [2.75, 3.05) is 28.2 Å². The van der Waals surface area contributed by atoms with Crippen molar-refractivity contribution in [3.63, 3.8) is 0 Å². The van der Waals surface area contributed by atoms with Crippen molar-refractivity contribution in [2.24, 2.45) is 5.41 Å². The van der Waals surface area contributed by atoms with Crippen LogP contribution in [0.4, 0.5) is 17.1 Å². The van der Waals surface area contributed by atoms with E-state index in [4.69, 9.17) is 0 Å². The highest BCUT2D eigenvalue weighted by Crippen LogP contribution is 2.37. The summed E-state index contributed by atoms with van der Waals surface area (Å²) in [6.07, 6.45) is 6.60. The molecule has 2 aromatic heterocycles. The van der Waals surface area contributed by atoms with E-state index in [0.717, 1.165) is 24.7 Å². The molecule has 1 saturated carbocycles. The maximum atomic E-state index is 11.9. The van der Waals surface area contributed by atoms with Gasteiger partial charge in [0.25, 0.3) is 0 Å². The molecule has 2 heterocycles. The Labute approximate surface area is 239 Å². The standard InChI is InChI=1S/C29H31N9O2S/c1-29(2,3)17-33-26-20(14-31)15-32-28-23(26)10-18(13-30)11-24(28)34-27(25-16-38(37-35-25)22-8-9-22)19-6-5-7-21(12-19)36-41(4,39)40/h5-7,10-12,15-16,22,27,34,36H,8-9,17H2,1-4H3,(H,32,33)/t27-/m0/s1. The van der Waals surface area contributed by atoms with Crippen LogP contribution in [0.25, 0.3) is 10.9 Å². The monoisotopic (exact) mass is 569 g/mol. The normalized spacial score (nSPS) is 14.2. The highest BCUT2D eigenvalue weighted by Gasteiger charge is 2.28. The number of nitriles is 2. The minimum atomic E-state index is -3.49. The van der Waals surface area contributed by atoms with Crippen LogP contribution in [0.5, 0.6) is 0 Å². The molecule has 1 atom stereocenters. The lowest BCUT2D eigenvalue weighted by Gasteiger charge is -2.23. The lowest BCUT2D eigenvalue weighted by atomic mass is 9.96. The zero-order valence-electron chi connectivity index (χ0n) is 23.3. The maximum Gasteiger partial charge on any atom is 0.229 e. The van der Waals surface area contributed by atoms with Crippen LogP contribution in [-0.2, 0) is 10.0 Å². The topological polar surface area (TPSA) is 161 Å². The maximum absolute atomic E-state index is 11.9. The number of rotatable bonds is 9. The molecule has 210 valence electrons. The van der Waals surface area contributed by atoms with Crippen LogP contribution >= 0.6 is 0 Å². The number of nitrogens with one attached hydrogen (secondary N) is 3. The lowest BCUT2D eigenvalue weighted by molar-refractivity contribution is 0.443. The summed E-state index contributed by atoms with van der Waals surface area (Å²) in [5, 5.41) is 36.1. The van der Waals surface area contributed by atoms with Gasteiger partial charge in [-0.25, -0.2) is 13.1 Å². The van der Waals surface area contributed by atoms with Gasteiger partial charge < -0.3 is 10.6 Å². The van der Waals surface area contributed by atoms with E-state index in [1.807, 2.05) is 16.9 Å². The van der Waals surface area contributed by atoms with Crippen molar-refractivity contribution in [3.8, 4) is 12.1 Å². The van der Waals surface area contributed by atoms with Crippen molar-refractivity contribution < 1.29 is 8.42 Å². The van der Waals surface area contributed by atoms with Crippen LogP contribution in [0.15, 0.2) is 48.8 Å². The molecular formula is C29H31N9O2S. The molecule has 0 saturated heterocycles. The third-order valence-electron chi connectivity index (χ3n) is 6.58. The van der Waals surface area contributed by atoms with Gasteiger partial charge in [0.1, 0.15) is 11.8 Å². The van der Waals surface area contributed by atoms with Gasteiger partial charge in [-0.2, -0.15) is 10.5 Å². The first-order chi connectivity index (χ1) is 19.4. The molecule has 1 aliphatic rings. The smallest absolute Gasteiger partial charge is 0.229 e. The Morgan fingerprint density at radius 1 is 1.15 bits per heavy atom. The van der Waals surface area contributed by atoms with Crippen molar-refractivity contribution in [1.29, 1.82) is 10.5 Å². The minimum Gasteiger partial charge on any atom is -0.383 e. The molecule has 11 nitrogen and oxygen atoms in total. The first-order valence-corrected chi connectivity index (χ1v) is 15.1. The Bertz CT molecular complexity index is 1810. The van der Waals surface area contributed by atoms with Crippen molar-refractivity contribution in [2.45, 2.75) is 45.7 Å². The molecule has 41 heavy (non-hydrogen) atoms. The van der Waals surface area contributed by atoms with E-state index in [1.54, 1.807) is 30.3 Å². The highest BCUT2D eigenvalue weighted by atomic mass is 32.2. The van der Waals surface area contributed by atoms with E-state index in [9.17, 15) is 18.9 Å². The molecule has 0 spiro atoms. The molecule has 0 radical (unpaired) electrons. The summed E-state index contributed by atoms with van der Waals surface area (Å²) in [4.78, 5) is 4.61. The average molecular weight is 570 g/mol. The molecule has 0 unspecified atom stereocenters. The van der Waals surface area contributed by atoms with Crippen LogP contribution in [-0.4, -0.2) is 41.2 Å². The molecule has 1 aliphatic carbocycles. The summed E-state index contributed by atoms with van der Waals surface area (Å²) >= 11 is 0. The number of hydrogen-bond donors (Lipinski definition) is 3. The summed E-state index contributed by atoms with van der Waals surface area (Å²) in [5.74, 6) is 0. The predicted molar refractivity (Wildman–Crippen MR) is 158 cm³/mol. The lowest BCUT2D eigenvalue weighted by Crippen LogP contribution is -2.20. The van der Waals surface area contributed by atoms with Gasteiger partial charge in [0.2, 0.25) is 10.0 Å². The van der Waals surface area contributed by atoms with Gasteiger partial charge in [0.15, 0.2) is 0 Å². The second-order valence-corrected chi connectivity index (χ2v) is 13.3. The number of aromatic nitrogens is 4. The van der Waals surface area contributed by atoms with E-state index >= 15 is 0 Å². The SMILES string of the molecule is CC(C)(C)CNc1c(C#N)cnc2c(N[C@@H](c3cccc(NS(C)(=O)=O)c3)c3cn(C4CC4)nn3)cc(C#N)cc12. The third kappa shape index (κ3) is 6.56. The Balaban J connectivity index is 1.64. The summed E-state index contributed by atoms with van der Waals surface area (Å²) < 4.78 is 28.2. The van der Waals surface area contributed by atoms with Gasteiger partial charge in [-0.3, -0.25) is 9.71 Å². The van der Waals surface area contributed by atoms with E-state index < -0.39 is 16.1 Å². The second kappa shape index (κ2) is 10.7. The third-order valence-corrected chi connectivity index (χ3v) is 7.19. The Morgan fingerprint density at radius 3 is 2.59 bits per heavy atom. The zero-order chi connectivity index (χ0) is 29.4. The van der Waals surface area contributed by atoms with Crippen molar-refractivity contribution in [3.05, 3.63) is 71.2 Å². The molecule has 0 aliphatic heterocycles. The second-order valence-electron chi connectivity index (χ2n) is 11.5. The Morgan fingerprint density at radius 2 is 1.93 bits per heavy atom. The highest BCUT2D eigenvalue weighted by molar-refractivity contribution is 7.92. The van der Waals surface area contributed by atoms with E-state index in [1.165, 1.54) is 6.20 Å². The molecule has 12 heteroatoms. The van der Waals surface area contributed by atoms with Gasteiger partial charge in [-0.15, -0.1) is 5.10 Å². The molecule has 2 aromatic carbocycles. The largest absolute Gasteiger partial charge is 0.383 e. The van der Waals surface area contributed by atoms with E-state index in [2.05, 4.69) is 63.6 Å². The Kier molecular flexibility index (Phi) is 7.28. The number of nitrogens with zero attached hydrogens (tertiary/aromatic N) is 6. The summed E-state index contributed by atoms with van der Waals surface area (Å²) in [6, 6.07) is 14.7. The molecule has 4 aromatic rings. The first kappa shape index (κ1) is 27.9. The van der Waals surface area contributed by atoms with Crippen LogP contribution in [0.1, 0.15) is 68.1 Å². The molecular weight excluding hydrogens is 538 g/mol. The van der Waals surface area contributed by atoms with Crippen LogP contribution in [0.3, 0.4) is 0 Å². The number of sulfonamides is 1. The number of hydrogen-bond acceptors (Lipinski definition) is 9. The molecule has 0 bridgehead atoms. The summed E-state index contributed by atoms with van der Waals surface area (Å²) in [7, 11) is -3.49. The van der Waals surface area contributed by atoms with Gasteiger partial charge in [0, 0.05) is 23.8 Å². The quantitative estimate of drug-likeness (QED) is 0.254. The minimum absolute atomic E-state index is 0.0558. The molecule has 0 amide bonds. The fraction of sp³-hybridized carbons (Fsp3) is 0.345. The first-order valence-electron chi connectivity index (χ1n) is 13.2. The van der Waals surface area contributed by atoms with E-state index in [0.29, 0.717) is 57.4 Å². The Hall–Kier alpha value is -4.68. The fourth-order valence-corrected chi connectivity index (χ4v) is 5.08. The van der Waals surface area contributed by atoms with Gasteiger partial charge >= 0.3 is 0 Å². The summed E-state index contributed by atoms with van der Waals surface area (Å²) in [6.45, 7) is 6.88. The molecule has 5 rings (SSSR count). The number of benzene rings is 2. The van der Waals surface area contributed by atoms with Crippen molar-refractivity contribution in [1.82, 2.24) is 20.0 Å².